The van der Waals surface area contributed by atoms with E-state index in [1.807, 2.05) is 25.1 Å². The van der Waals surface area contributed by atoms with Crippen LogP contribution in [0, 0.1) is 0 Å². The number of aryl methyl sites for hydroxylation is 1. The summed E-state index contributed by atoms with van der Waals surface area (Å²) in [5.74, 6) is 1.82. The van der Waals surface area contributed by atoms with Crippen LogP contribution in [-0.2, 0) is 26.1 Å². The minimum absolute atomic E-state index is 0.0578. The molecule has 4 rings (SSSR count). The zero-order valence-electron chi connectivity index (χ0n) is 12.6. The Balaban J connectivity index is 1.51. The van der Waals surface area contributed by atoms with E-state index >= 15 is 0 Å². The van der Waals surface area contributed by atoms with Gasteiger partial charge in [-0.15, -0.1) is 10.2 Å². The van der Waals surface area contributed by atoms with Gasteiger partial charge in [-0.05, 0) is 36.6 Å². The standard InChI is InChI=1S/C16H19N5O/c1-10(15-20-19-14-3-2-6-21(14)15)18-16(22)11-4-5-12-8-17-9-13(12)7-11/h4-5,7,10,17H,2-3,6,8-9H2,1H3,(H,18,22). The molecule has 2 aliphatic heterocycles. The molecule has 1 aromatic heterocycles. The second kappa shape index (κ2) is 5.21. The number of nitrogens with zero attached hydrogens (tertiary/aromatic N) is 3. The van der Waals surface area contributed by atoms with Gasteiger partial charge in [-0.3, -0.25) is 4.79 Å². The molecule has 6 heteroatoms. The molecule has 3 heterocycles. The molecule has 0 bridgehead atoms. The molecule has 1 unspecified atom stereocenters. The van der Waals surface area contributed by atoms with Gasteiger partial charge in [0.15, 0.2) is 5.82 Å². The maximum atomic E-state index is 12.5. The van der Waals surface area contributed by atoms with E-state index in [1.165, 1.54) is 11.1 Å². The summed E-state index contributed by atoms with van der Waals surface area (Å²) in [6.07, 6.45) is 2.09. The van der Waals surface area contributed by atoms with Crippen molar-refractivity contribution in [2.24, 2.45) is 0 Å². The number of hydrogen-bond donors (Lipinski definition) is 2. The van der Waals surface area contributed by atoms with Crippen LogP contribution in [0.15, 0.2) is 18.2 Å². The molecule has 0 aliphatic carbocycles. The van der Waals surface area contributed by atoms with Crippen LogP contribution >= 0.6 is 0 Å². The number of amides is 1. The van der Waals surface area contributed by atoms with Crippen molar-refractivity contribution >= 4 is 5.91 Å². The fourth-order valence-corrected chi connectivity index (χ4v) is 3.27. The molecule has 0 spiro atoms. The SMILES string of the molecule is CC(NC(=O)c1ccc2c(c1)CNC2)c1nnc2n1CCC2. The molecule has 2 aromatic rings. The Morgan fingerprint density at radius 1 is 1.32 bits per heavy atom. The topological polar surface area (TPSA) is 71.8 Å². The number of carbonyl (C=O) groups is 1. The summed E-state index contributed by atoms with van der Waals surface area (Å²) >= 11 is 0. The smallest absolute Gasteiger partial charge is 0.251 e. The first-order chi connectivity index (χ1) is 10.7. The number of rotatable bonds is 3. The Labute approximate surface area is 128 Å². The van der Waals surface area contributed by atoms with E-state index in [4.69, 9.17) is 0 Å². The zero-order chi connectivity index (χ0) is 15.1. The Bertz CT molecular complexity index is 736. The fraction of sp³-hybridized carbons (Fsp3) is 0.438. The fourth-order valence-electron chi connectivity index (χ4n) is 3.27. The first-order valence-electron chi connectivity index (χ1n) is 7.78. The molecule has 0 radical (unpaired) electrons. The van der Waals surface area contributed by atoms with Gasteiger partial charge in [0.2, 0.25) is 0 Å². The van der Waals surface area contributed by atoms with E-state index in [2.05, 4.69) is 25.4 Å². The lowest BCUT2D eigenvalue weighted by Gasteiger charge is -2.14. The second-order valence-corrected chi connectivity index (χ2v) is 6.01. The molecule has 22 heavy (non-hydrogen) atoms. The molecule has 0 fully saturated rings. The Morgan fingerprint density at radius 2 is 2.18 bits per heavy atom. The van der Waals surface area contributed by atoms with E-state index in [0.717, 1.165) is 44.1 Å². The van der Waals surface area contributed by atoms with E-state index in [-0.39, 0.29) is 11.9 Å². The van der Waals surface area contributed by atoms with Crippen molar-refractivity contribution in [3.63, 3.8) is 0 Å². The van der Waals surface area contributed by atoms with Crippen LogP contribution in [-0.4, -0.2) is 20.7 Å². The summed E-state index contributed by atoms with van der Waals surface area (Å²) in [6.45, 7) is 4.63. The van der Waals surface area contributed by atoms with Gasteiger partial charge < -0.3 is 15.2 Å². The van der Waals surface area contributed by atoms with Crippen LogP contribution < -0.4 is 10.6 Å². The molecule has 6 nitrogen and oxygen atoms in total. The number of hydrogen-bond acceptors (Lipinski definition) is 4. The normalized spacial score (nSPS) is 17.1. The highest BCUT2D eigenvalue weighted by atomic mass is 16.1. The lowest BCUT2D eigenvalue weighted by atomic mass is 10.1. The van der Waals surface area contributed by atoms with Gasteiger partial charge >= 0.3 is 0 Å². The average Bonchev–Trinajstić information content (AvgIpc) is 3.22. The summed E-state index contributed by atoms with van der Waals surface area (Å²) in [5, 5.41) is 14.8. The van der Waals surface area contributed by atoms with Crippen molar-refractivity contribution in [2.45, 2.75) is 45.4 Å². The molecule has 1 aromatic carbocycles. The molecule has 2 N–H and O–H groups in total. The van der Waals surface area contributed by atoms with Crippen LogP contribution in [0.5, 0.6) is 0 Å². The molecule has 0 saturated heterocycles. The predicted molar refractivity (Wildman–Crippen MR) is 81.2 cm³/mol. The molecular weight excluding hydrogens is 278 g/mol. The quantitative estimate of drug-likeness (QED) is 0.896. The van der Waals surface area contributed by atoms with Gasteiger partial charge in [0.25, 0.3) is 5.91 Å². The van der Waals surface area contributed by atoms with Gasteiger partial charge in [0.1, 0.15) is 5.82 Å². The minimum Gasteiger partial charge on any atom is -0.342 e. The summed E-state index contributed by atoms with van der Waals surface area (Å²) < 4.78 is 2.12. The number of nitrogens with one attached hydrogen (secondary N) is 2. The van der Waals surface area contributed by atoms with Crippen LogP contribution in [0.4, 0.5) is 0 Å². The average molecular weight is 297 g/mol. The maximum absolute atomic E-state index is 12.5. The Kier molecular flexibility index (Phi) is 3.18. The van der Waals surface area contributed by atoms with Gasteiger partial charge in [0.05, 0.1) is 6.04 Å². The third kappa shape index (κ3) is 2.20. The highest BCUT2D eigenvalue weighted by molar-refractivity contribution is 5.94. The Hall–Kier alpha value is -2.21. The molecule has 0 saturated carbocycles. The predicted octanol–water partition coefficient (Wildman–Crippen LogP) is 1.32. The first-order valence-corrected chi connectivity index (χ1v) is 7.78. The van der Waals surface area contributed by atoms with E-state index < -0.39 is 0 Å². The highest BCUT2D eigenvalue weighted by Gasteiger charge is 2.23. The summed E-state index contributed by atoms with van der Waals surface area (Å²) in [6, 6.07) is 5.76. The minimum atomic E-state index is -0.141. The van der Waals surface area contributed by atoms with Crippen molar-refractivity contribution in [2.75, 3.05) is 0 Å². The van der Waals surface area contributed by atoms with Crippen molar-refractivity contribution in [1.29, 1.82) is 0 Å². The van der Waals surface area contributed by atoms with E-state index in [1.54, 1.807) is 0 Å². The van der Waals surface area contributed by atoms with E-state index in [9.17, 15) is 4.79 Å². The third-order valence-electron chi connectivity index (χ3n) is 4.47. The third-order valence-corrected chi connectivity index (χ3v) is 4.47. The monoisotopic (exact) mass is 297 g/mol. The van der Waals surface area contributed by atoms with Crippen LogP contribution in [0.25, 0.3) is 0 Å². The molecule has 1 amide bonds. The van der Waals surface area contributed by atoms with Gasteiger partial charge in [0, 0.05) is 31.6 Å². The van der Waals surface area contributed by atoms with Gasteiger partial charge in [-0.25, -0.2) is 0 Å². The first kappa shape index (κ1) is 13.5. The number of fused-ring (bicyclic) bond motifs is 2. The lowest BCUT2D eigenvalue weighted by Crippen LogP contribution is -2.28. The second-order valence-electron chi connectivity index (χ2n) is 6.01. The summed E-state index contributed by atoms with van der Waals surface area (Å²) in [5.41, 5.74) is 3.19. The van der Waals surface area contributed by atoms with Gasteiger partial charge in [-0.1, -0.05) is 6.07 Å². The molecule has 2 aliphatic rings. The molecule has 1 atom stereocenters. The number of benzene rings is 1. The lowest BCUT2D eigenvalue weighted by molar-refractivity contribution is 0.0937. The number of aromatic nitrogens is 3. The van der Waals surface area contributed by atoms with Crippen molar-refractivity contribution in [1.82, 2.24) is 25.4 Å². The summed E-state index contributed by atoms with van der Waals surface area (Å²) in [7, 11) is 0. The maximum Gasteiger partial charge on any atom is 0.251 e. The van der Waals surface area contributed by atoms with Gasteiger partial charge in [-0.2, -0.15) is 0 Å². The van der Waals surface area contributed by atoms with Crippen molar-refractivity contribution in [3.05, 3.63) is 46.5 Å². The van der Waals surface area contributed by atoms with Crippen LogP contribution in [0.2, 0.25) is 0 Å². The molecular formula is C16H19N5O. The zero-order valence-corrected chi connectivity index (χ0v) is 12.6. The summed E-state index contributed by atoms with van der Waals surface area (Å²) in [4.78, 5) is 12.5. The largest absolute Gasteiger partial charge is 0.342 e. The van der Waals surface area contributed by atoms with Crippen molar-refractivity contribution in [3.8, 4) is 0 Å². The van der Waals surface area contributed by atoms with Crippen LogP contribution in [0.1, 0.15) is 52.5 Å². The molecule has 114 valence electrons. The highest BCUT2D eigenvalue weighted by Crippen LogP contribution is 2.20. The number of carbonyl (C=O) groups excluding carboxylic acids is 1. The van der Waals surface area contributed by atoms with E-state index in [0.29, 0.717) is 5.56 Å². The Morgan fingerprint density at radius 3 is 3.09 bits per heavy atom. The van der Waals surface area contributed by atoms with Crippen molar-refractivity contribution < 1.29 is 4.79 Å². The van der Waals surface area contributed by atoms with Crippen LogP contribution in [0.3, 0.4) is 0 Å².